The zero-order valence-electron chi connectivity index (χ0n) is 17.5. The Morgan fingerprint density at radius 2 is 1.97 bits per heavy atom. The lowest BCUT2D eigenvalue weighted by Gasteiger charge is -2.18. The molecule has 4 N–H and O–H groups in total. The van der Waals surface area contributed by atoms with Gasteiger partial charge in [0, 0.05) is 44.1 Å². The van der Waals surface area contributed by atoms with Gasteiger partial charge in [-0.3, -0.25) is 14.5 Å². The highest BCUT2D eigenvalue weighted by atomic mass is 16.3. The highest BCUT2D eigenvalue weighted by Crippen LogP contribution is 2.14. The summed E-state index contributed by atoms with van der Waals surface area (Å²) in [6.07, 6.45) is 3.39. The highest BCUT2D eigenvalue weighted by Gasteiger charge is 2.11. The maximum atomic E-state index is 12.2. The highest BCUT2D eigenvalue weighted by molar-refractivity contribution is 5.90. The number of nitrogens with one attached hydrogen (secondary N) is 3. The summed E-state index contributed by atoms with van der Waals surface area (Å²) in [5, 5.41) is 23.2. The number of nitrogens with zero attached hydrogens (tertiary/aromatic N) is 3. The van der Waals surface area contributed by atoms with E-state index in [0.29, 0.717) is 19.0 Å². The number of hydrogen-bond donors (Lipinski definition) is 4. The maximum absolute atomic E-state index is 12.2. The average Bonchev–Trinajstić information content (AvgIpc) is 3.30. The molecule has 0 spiro atoms. The van der Waals surface area contributed by atoms with Gasteiger partial charge in [-0.25, -0.2) is 0 Å². The SMILES string of the molecule is CN=C(NCc1cccc(NC(=O)Cn2cccn2)c1)NCC(CO)c1ccccc1. The largest absolute Gasteiger partial charge is 0.396 e. The van der Waals surface area contributed by atoms with Crippen molar-refractivity contribution in [2.24, 2.45) is 4.99 Å². The molecule has 8 nitrogen and oxygen atoms in total. The van der Waals surface area contributed by atoms with E-state index in [2.05, 4.69) is 26.0 Å². The van der Waals surface area contributed by atoms with Gasteiger partial charge in [0.1, 0.15) is 6.54 Å². The van der Waals surface area contributed by atoms with Crippen LogP contribution in [-0.2, 0) is 17.9 Å². The number of amides is 1. The second-order valence-corrected chi connectivity index (χ2v) is 7.05. The summed E-state index contributed by atoms with van der Waals surface area (Å²) >= 11 is 0. The third-order valence-corrected chi connectivity index (χ3v) is 4.77. The number of carbonyl (C=O) groups is 1. The molecule has 1 heterocycles. The van der Waals surface area contributed by atoms with Gasteiger partial charge in [0.15, 0.2) is 5.96 Å². The van der Waals surface area contributed by atoms with Crippen molar-refractivity contribution in [2.75, 3.05) is 25.5 Å². The van der Waals surface area contributed by atoms with E-state index in [-0.39, 0.29) is 25.0 Å². The fraction of sp³-hybridized carbons (Fsp3) is 0.261. The summed E-state index contributed by atoms with van der Waals surface area (Å²) < 4.78 is 1.57. The van der Waals surface area contributed by atoms with Crippen LogP contribution < -0.4 is 16.0 Å². The van der Waals surface area contributed by atoms with E-state index in [9.17, 15) is 9.90 Å². The molecule has 2 aromatic carbocycles. The summed E-state index contributed by atoms with van der Waals surface area (Å²) in [6, 6.07) is 19.3. The van der Waals surface area contributed by atoms with Crippen molar-refractivity contribution in [1.29, 1.82) is 0 Å². The van der Waals surface area contributed by atoms with Crippen LogP contribution in [0.2, 0.25) is 0 Å². The number of anilines is 1. The van der Waals surface area contributed by atoms with Crippen LogP contribution >= 0.6 is 0 Å². The first-order valence-corrected chi connectivity index (χ1v) is 10.1. The Kier molecular flexibility index (Phi) is 8.19. The van der Waals surface area contributed by atoms with E-state index in [4.69, 9.17) is 0 Å². The molecule has 3 aromatic rings. The van der Waals surface area contributed by atoms with Crippen LogP contribution in [0.1, 0.15) is 17.0 Å². The average molecular weight is 421 g/mol. The van der Waals surface area contributed by atoms with Gasteiger partial charge in [0.25, 0.3) is 0 Å². The Morgan fingerprint density at radius 3 is 2.68 bits per heavy atom. The molecule has 1 amide bonds. The van der Waals surface area contributed by atoms with E-state index in [1.807, 2.05) is 54.6 Å². The zero-order chi connectivity index (χ0) is 21.9. The molecule has 162 valence electrons. The summed E-state index contributed by atoms with van der Waals surface area (Å²) in [6.45, 7) is 1.31. The number of aliphatic hydroxyl groups is 1. The Hall–Kier alpha value is -3.65. The Balaban J connectivity index is 1.50. The van der Waals surface area contributed by atoms with Crippen molar-refractivity contribution < 1.29 is 9.90 Å². The molecule has 0 bridgehead atoms. The van der Waals surface area contributed by atoms with Gasteiger partial charge in [-0.05, 0) is 29.3 Å². The predicted molar refractivity (Wildman–Crippen MR) is 122 cm³/mol. The number of hydrogen-bond acceptors (Lipinski definition) is 4. The van der Waals surface area contributed by atoms with Crippen LogP contribution in [0.3, 0.4) is 0 Å². The Bertz CT molecular complexity index is 973. The molecule has 0 aliphatic heterocycles. The minimum atomic E-state index is -0.137. The van der Waals surface area contributed by atoms with Crippen molar-refractivity contribution >= 4 is 17.6 Å². The van der Waals surface area contributed by atoms with Crippen LogP contribution in [0.5, 0.6) is 0 Å². The van der Waals surface area contributed by atoms with Gasteiger partial charge in [-0.2, -0.15) is 5.10 Å². The number of guanidine groups is 1. The molecular formula is C23H28N6O2. The first kappa shape index (κ1) is 22.0. The molecule has 8 heteroatoms. The minimum absolute atomic E-state index is 0.0203. The Labute approximate surface area is 182 Å². The standard InChI is InChI=1S/C23H28N6O2/c1-24-23(26-15-20(17-30)19-8-3-2-4-9-19)25-14-18-7-5-10-21(13-18)28-22(31)16-29-12-6-11-27-29/h2-13,20,30H,14-17H2,1H3,(H,28,31)(H2,24,25,26). The summed E-state index contributed by atoms with van der Waals surface area (Å²) in [4.78, 5) is 16.4. The van der Waals surface area contributed by atoms with E-state index >= 15 is 0 Å². The van der Waals surface area contributed by atoms with Crippen molar-refractivity contribution in [3.05, 3.63) is 84.2 Å². The molecule has 0 aliphatic carbocycles. The molecule has 1 aromatic heterocycles. The molecule has 3 rings (SSSR count). The molecule has 0 radical (unpaired) electrons. The molecule has 0 aliphatic rings. The zero-order valence-corrected chi connectivity index (χ0v) is 17.5. The lowest BCUT2D eigenvalue weighted by molar-refractivity contribution is -0.116. The second kappa shape index (κ2) is 11.5. The molecule has 31 heavy (non-hydrogen) atoms. The number of aromatic nitrogens is 2. The van der Waals surface area contributed by atoms with Crippen LogP contribution in [0, 0.1) is 0 Å². The van der Waals surface area contributed by atoms with Gasteiger partial charge in [0.05, 0.1) is 6.61 Å². The van der Waals surface area contributed by atoms with Gasteiger partial charge < -0.3 is 21.1 Å². The lowest BCUT2D eigenvalue weighted by atomic mass is 10.0. The number of aliphatic hydroxyl groups excluding tert-OH is 1. The predicted octanol–water partition coefficient (Wildman–Crippen LogP) is 1.96. The summed E-state index contributed by atoms with van der Waals surface area (Å²) in [5.74, 6) is 0.484. The molecule has 1 atom stereocenters. The van der Waals surface area contributed by atoms with E-state index in [1.165, 1.54) is 0 Å². The van der Waals surface area contributed by atoms with Crippen molar-refractivity contribution in [2.45, 2.75) is 19.0 Å². The first-order valence-electron chi connectivity index (χ1n) is 10.1. The monoisotopic (exact) mass is 420 g/mol. The fourth-order valence-corrected chi connectivity index (χ4v) is 3.14. The van der Waals surface area contributed by atoms with Gasteiger partial charge >= 0.3 is 0 Å². The van der Waals surface area contributed by atoms with E-state index < -0.39 is 0 Å². The van der Waals surface area contributed by atoms with E-state index in [1.54, 1.807) is 30.2 Å². The van der Waals surface area contributed by atoms with Crippen LogP contribution in [-0.4, -0.2) is 47.0 Å². The van der Waals surface area contributed by atoms with Crippen LogP contribution in [0.4, 0.5) is 5.69 Å². The first-order chi connectivity index (χ1) is 15.2. The molecule has 0 fully saturated rings. The maximum Gasteiger partial charge on any atom is 0.246 e. The van der Waals surface area contributed by atoms with Gasteiger partial charge in [-0.15, -0.1) is 0 Å². The third-order valence-electron chi connectivity index (χ3n) is 4.77. The minimum Gasteiger partial charge on any atom is -0.396 e. The number of carbonyl (C=O) groups excluding carboxylic acids is 1. The van der Waals surface area contributed by atoms with Crippen LogP contribution in [0.15, 0.2) is 78.0 Å². The second-order valence-electron chi connectivity index (χ2n) is 7.05. The Morgan fingerprint density at radius 1 is 1.13 bits per heavy atom. The lowest BCUT2D eigenvalue weighted by Crippen LogP contribution is -2.39. The molecule has 0 saturated heterocycles. The van der Waals surface area contributed by atoms with Crippen molar-refractivity contribution in [1.82, 2.24) is 20.4 Å². The van der Waals surface area contributed by atoms with Gasteiger partial charge in [-0.1, -0.05) is 42.5 Å². The topological polar surface area (TPSA) is 104 Å². The molecular weight excluding hydrogens is 392 g/mol. The summed E-state index contributed by atoms with van der Waals surface area (Å²) in [5.41, 5.74) is 2.80. The number of aliphatic imine (C=N–C) groups is 1. The number of benzene rings is 2. The quantitative estimate of drug-likeness (QED) is 0.313. The molecule has 1 unspecified atom stereocenters. The van der Waals surface area contributed by atoms with Crippen molar-refractivity contribution in [3.8, 4) is 0 Å². The summed E-state index contributed by atoms with van der Waals surface area (Å²) in [7, 11) is 1.71. The van der Waals surface area contributed by atoms with Gasteiger partial charge in [0.2, 0.25) is 5.91 Å². The van der Waals surface area contributed by atoms with E-state index in [0.717, 1.165) is 16.8 Å². The number of rotatable bonds is 9. The fourth-order valence-electron chi connectivity index (χ4n) is 3.14. The smallest absolute Gasteiger partial charge is 0.246 e. The molecule has 0 saturated carbocycles. The normalized spacial score (nSPS) is 12.3. The van der Waals surface area contributed by atoms with Crippen molar-refractivity contribution in [3.63, 3.8) is 0 Å². The van der Waals surface area contributed by atoms with Crippen LogP contribution in [0.25, 0.3) is 0 Å². The third kappa shape index (κ3) is 6.97.